The lowest BCUT2D eigenvalue weighted by molar-refractivity contribution is -0.743. The quantitative estimate of drug-likeness (QED) is 0.0953. The van der Waals surface area contributed by atoms with E-state index in [1.807, 2.05) is 73.1 Å². The molecule has 0 unspecified atom stereocenters. The van der Waals surface area contributed by atoms with Gasteiger partial charge in [-0.05, 0) is 98.7 Å². The van der Waals surface area contributed by atoms with Gasteiger partial charge < -0.3 is 14.2 Å². The molecule has 4 fully saturated rings. The van der Waals surface area contributed by atoms with Crippen LogP contribution in [0.1, 0.15) is 85.0 Å². The van der Waals surface area contributed by atoms with E-state index < -0.39 is 0 Å². The number of H-pyrrole nitrogens is 2. The van der Waals surface area contributed by atoms with Crippen molar-refractivity contribution < 1.29 is 38.0 Å². The maximum atomic E-state index is 14.0. The second-order valence-electron chi connectivity index (χ2n) is 17.8. The fourth-order valence-electron chi connectivity index (χ4n) is 12.0. The van der Waals surface area contributed by atoms with E-state index >= 15 is 0 Å². The van der Waals surface area contributed by atoms with E-state index in [1.54, 1.807) is 9.36 Å². The number of nitrogens with zero attached hydrogens (tertiary/aromatic N) is 4. The minimum absolute atomic E-state index is 0.0467. The lowest BCUT2D eigenvalue weighted by Gasteiger charge is -2.62. The van der Waals surface area contributed by atoms with Crippen molar-refractivity contribution in [1.82, 2.24) is 20.6 Å². The van der Waals surface area contributed by atoms with Gasteiger partial charge in [0.05, 0.1) is 7.11 Å². The number of esters is 3. The molecule has 57 heavy (non-hydrogen) atoms. The standard InChI is InChI=1S/C45H56N6O6/c1-29(15-20-41(52)55-4)35-18-19-36-34-17-16-32-23-33(56-42(53)27-50-25-38(46-48-50)30-11-7-5-8-12-30)21-22-44(32,2)37(34)24-40(45(35,36)3)57-43(54)28-51-26-39(47-49-51)31-13-9-6-10-14-31/h5-14,25-26,29,32-37,40H,15-24,27-28H2,1-4H3/p+2/t29-,32-,33-,34+,35-,36+,37+,40+,44+,45-/m1/s1. The van der Waals surface area contributed by atoms with Crippen LogP contribution in [0.5, 0.6) is 0 Å². The summed E-state index contributed by atoms with van der Waals surface area (Å²) in [6, 6.07) is 19.8. The maximum Gasteiger partial charge on any atom is 0.350 e. The van der Waals surface area contributed by atoms with E-state index in [4.69, 9.17) is 14.2 Å². The molecular formula is C45H58N6O6+2. The van der Waals surface area contributed by atoms with E-state index in [2.05, 4.69) is 41.4 Å². The SMILES string of the molecule is COC(=O)CC[C@@H](C)[C@H]1CC[C@H]2[C@@H]3CC[C@@H]4C[C@H](OC(=O)C[n+]5cc(-c6ccccc6)n[nH]5)CC[C@]4(C)[C@H]3C[C@H](OC(=O)C[n+]3cc(-c4ccccc4)n[nH]3)[C@]12C. The summed E-state index contributed by atoms with van der Waals surface area (Å²) in [7, 11) is 1.45. The minimum Gasteiger partial charge on any atom is -0.469 e. The zero-order chi connectivity index (χ0) is 39.7. The first-order valence-corrected chi connectivity index (χ1v) is 21.0. The lowest BCUT2D eigenvalue weighted by atomic mass is 9.43. The van der Waals surface area contributed by atoms with Crippen LogP contribution in [0.3, 0.4) is 0 Å². The van der Waals surface area contributed by atoms with Crippen LogP contribution in [0.2, 0.25) is 0 Å². The molecule has 8 rings (SSSR count). The van der Waals surface area contributed by atoms with Crippen molar-refractivity contribution in [3.63, 3.8) is 0 Å². The first kappa shape index (κ1) is 39.0. The molecule has 0 aliphatic heterocycles. The molecule has 0 saturated heterocycles. The summed E-state index contributed by atoms with van der Waals surface area (Å²) in [6.07, 6.45) is 12.4. The zero-order valence-electron chi connectivity index (χ0n) is 33.8. The van der Waals surface area contributed by atoms with Gasteiger partial charge in [0, 0.05) is 33.2 Å². The molecular weight excluding hydrogens is 721 g/mol. The van der Waals surface area contributed by atoms with Crippen LogP contribution in [0.25, 0.3) is 22.5 Å². The first-order valence-electron chi connectivity index (χ1n) is 21.0. The van der Waals surface area contributed by atoms with Crippen LogP contribution in [0.15, 0.2) is 73.1 Å². The number of aromatic amines is 2. The number of nitrogens with one attached hydrogen (secondary N) is 2. The summed E-state index contributed by atoms with van der Waals surface area (Å²) in [4.78, 5) is 39.4. The van der Waals surface area contributed by atoms with Crippen molar-refractivity contribution in [2.75, 3.05) is 7.11 Å². The average molecular weight is 779 g/mol. The highest BCUT2D eigenvalue weighted by Gasteiger charge is 2.65. The van der Waals surface area contributed by atoms with Gasteiger partial charge in [-0.15, -0.1) is 0 Å². The Kier molecular flexibility index (Phi) is 11.1. The number of ether oxygens (including phenoxy) is 3. The van der Waals surface area contributed by atoms with Crippen molar-refractivity contribution >= 4 is 17.9 Å². The van der Waals surface area contributed by atoms with Gasteiger partial charge in [-0.25, -0.2) is 9.59 Å². The Balaban J connectivity index is 0.970. The van der Waals surface area contributed by atoms with Crippen molar-refractivity contribution in [1.29, 1.82) is 0 Å². The Morgan fingerprint density at radius 2 is 1.39 bits per heavy atom. The van der Waals surface area contributed by atoms with E-state index in [9.17, 15) is 14.4 Å². The van der Waals surface area contributed by atoms with Crippen LogP contribution < -0.4 is 9.36 Å². The molecule has 2 aromatic heterocycles. The molecule has 0 radical (unpaired) electrons. The number of benzene rings is 2. The van der Waals surface area contributed by atoms with Crippen LogP contribution in [0.4, 0.5) is 0 Å². The van der Waals surface area contributed by atoms with Crippen LogP contribution >= 0.6 is 0 Å². The van der Waals surface area contributed by atoms with Crippen molar-refractivity contribution in [3.8, 4) is 22.5 Å². The molecule has 4 aliphatic rings. The van der Waals surface area contributed by atoms with Gasteiger partial charge >= 0.3 is 17.9 Å². The Labute approximate surface area is 335 Å². The third kappa shape index (κ3) is 7.76. The first-order chi connectivity index (χ1) is 27.5. The lowest BCUT2D eigenvalue weighted by Crippen LogP contribution is -2.60. The normalized spacial score (nSPS) is 31.0. The summed E-state index contributed by atoms with van der Waals surface area (Å²) in [5.74, 6) is 1.69. The van der Waals surface area contributed by atoms with Gasteiger partial charge in [-0.2, -0.15) is 9.36 Å². The minimum atomic E-state index is -0.265. The van der Waals surface area contributed by atoms with Gasteiger partial charge in [0.2, 0.25) is 24.5 Å². The summed E-state index contributed by atoms with van der Waals surface area (Å²) >= 11 is 0. The molecule has 4 aromatic rings. The molecule has 12 nitrogen and oxygen atoms in total. The largest absolute Gasteiger partial charge is 0.469 e. The van der Waals surface area contributed by atoms with Gasteiger partial charge in [0.15, 0.2) is 12.4 Å². The molecule has 2 heterocycles. The molecule has 4 saturated carbocycles. The Morgan fingerprint density at radius 3 is 2.00 bits per heavy atom. The molecule has 2 N–H and O–H groups in total. The van der Waals surface area contributed by atoms with Crippen molar-refractivity contribution in [2.45, 2.75) is 110 Å². The maximum absolute atomic E-state index is 14.0. The predicted octanol–water partition coefficient (Wildman–Crippen LogP) is 6.42. The number of methoxy groups -OCH3 is 1. The van der Waals surface area contributed by atoms with E-state index in [-0.39, 0.29) is 60.0 Å². The van der Waals surface area contributed by atoms with E-state index in [1.165, 1.54) is 7.11 Å². The van der Waals surface area contributed by atoms with Gasteiger partial charge in [-0.3, -0.25) is 4.79 Å². The third-order valence-electron chi connectivity index (χ3n) is 14.9. The highest BCUT2D eigenvalue weighted by molar-refractivity contribution is 5.69. The van der Waals surface area contributed by atoms with Crippen molar-refractivity contribution in [2.24, 2.45) is 46.3 Å². The number of carbonyl (C=O) groups is 3. The Morgan fingerprint density at radius 1 is 0.772 bits per heavy atom. The van der Waals surface area contributed by atoms with Gasteiger partial charge in [0.1, 0.15) is 12.2 Å². The molecule has 2 aromatic carbocycles. The molecule has 4 aliphatic carbocycles. The van der Waals surface area contributed by atoms with E-state index in [0.717, 1.165) is 80.3 Å². The Bertz CT molecular complexity index is 2030. The fourth-order valence-corrected chi connectivity index (χ4v) is 12.0. The molecule has 0 spiro atoms. The fraction of sp³-hybridized carbons (Fsp3) is 0.578. The van der Waals surface area contributed by atoms with Crippen LogP contribution in [-0.4, -0.2) is 57.8 Å². The number of carbonyl (C=O) groups excluding carboxylic acids is 3. The zero-order valence-corrected chi connectivity index (χ0v) is 33.8. The van der Waals surface area contributed by atoms with Crippen molar-refractivity contribution in [3.05, 3.63) is 73.1 Å². The molecule has 0 bridgehead atoms. The monoisotopic (exact) mass is 778 g/mol. The number of fused-ring (bicyclic) bond motifs is 5. The second kappa shape index (κ2) is 16.2. The van der Waals surface area contributed by atoms with Gasteiger partial charge in [-0.1, -0.05) is 91.9 Å². The number of aromatic nitrogens is 6. The summed E-state index contributed by atoms with van der Waals surface area (Å²) in [6.45, 7) is 7.26. The average Bonchev–Trinajstić information content (AvgIpc) is 3.97. The summed E-state index contributed by atoms with van der Waals surface area (Å²) in [5, 5.41) is 14.8. The highest BCUT2D eigenvalue weighted by Crippen LogP contribution is 2.69. The number of hydrogen-bond acceptors (Lipinski definition) is 8. The predicted molar refractivity (Wildman–Crippen MR) is 209 cm³/mol. The second-order valence-corrected chi connectivity index (χ2v) is 17.8. The number of hydrogen-bond donors (Lipinski definition) is 2. The molecule has 302 valence electrons. The highest BCUT2D eigenvalue weighted by atomic mass is 16.5. The summed E-state index contributed by atoms with van der Waals surface area (Å²) in [5.41, 5.74) is 3.36. The molecule has 0 amide bonds. The van der Waals surface area contributed by atoms with Crippen LogP contribution in [0, 0.1) is 46.3 Å². The summed E-state index contributed by atoms with van der Waals surface area (Å²) < 4.78 is 21.3. The number of rotatable bonds is 12. The van der Waals surface area contributed by atoms with Gasteiger partial charge in [0.25, 0.3) is 0 Å². The topological polar surface area (TPSA) is 144 Å². The Hall–Kier alpha value is -4.87. The smallest absolute Gasteiger partial charge is 0.350 e. The molecule has 10 atom stereocenters. The van der Waals surface area contributed by atoms with E-state index in [0.29, 0.717) is 36.0 Å². The van der Waals surface area contributed by atoms with Crippen LogP contribution in [-0.2, 0) is 41.7 Å². The molecule has 12 heteroatoms. The third-order valence-corrected chi connectivity index (χ3v) is 14.9.